The fraction of sp³-hybridized carbons (Fsp3) is 0.229. The van der Waals surface area contributed by atoms with Crippen LogP contribution in [0, 0.1) is 6.92 Å². The summed E-state index contributed by atoms with van der Waals surface area (Å²) < 4.78 is 28.8. The number of carbonyl (C=O) groups excluding carboxylic acids is 1. The van der Waals surface area contributed by atoms with E-state index in [4.69, 9.17) is 0 Å². The van der Waals surface area contributed by atoms with E-state index in [9.17, 15) is 13.2 Å². The molecule has 7 heteroatoms. The van der Waals surface area contributed by atoms with Crippen molar-refractivity contribution in [3.63, 3.8) is 0 Å². The van der Waals surface area contributed by atoms with Crippen molar-refractivity contribution >= 4 is 26.6 Å². The van der Waals surface area contributed by atoms with Gasteiger partial charge in [0.2, 0.25) is 5.91 Å². The molecule has 0 spiro atoms. The maximum Gasteiger partial charge on any atom is 0.242 e. The summed E-state index contributed by atoms with van der Waals surface area (Å²) in [5.41, 5.74) is 5.06. The van der Waals surface area contributed by atoms with Crippen molar-refractivity contribution in [3.05, 3.63) is 138 Å². The van der Waals surface area contributed by atoms with E-state index < -0.39 is 9.84 Å². The maximum atomic E-state index is 13.5. The number of piperazine rings is 1. The molecule has 1 amide bonds. The Labute approximate surface area is 247 Å². The fourth-order valence-electron chi connectivity index (χ4n) is 5.93. The quantitative estimate of drug-likeness (QED) is 0.232. The van der Waals surface area contributed by atoms with E-state index in [1.165, 1.54) is 11.1 Å². The second kappa shape index (κ2) is 12.0. The minimum Gasteiger partial charge on any atom is -0.339 e. The molecule has 0 bridgehead atoms. The van der Waals surface area contributed by atoms with Crippen molar-refractivity contribution in [2.45, 2.75) is 30.2 Å². The van der Waals surface area contributed by atoms with E-state index in [0.717, 1.165) is 29.7 Å². The highest BCUT2D eigenvalue weighted by atomic mass is 32.2. The molecular weight excluding hydrogens is 542 g/mol. The first kappa shape index (κ1) is 27.9. The first-order chi connectivity index (χ1) is 20.4. The zero-order chi connectivity index (χ0) is 29.1. The van der Waals surface area contributed by atoms with Crippen LogP contribution in [0.1, 0.15) is 28.3 Å². The first-order valence-electron chi connectivity index (χ1n) is 14.4. The summed E-state index contributed by atoms with van der Waals surface area (Å²) in [6.07, 6.45) is 1.64. The van der Waals surface area contributed by atoms with Gasteiger partial charge in [-0.05, 0) is 29.7 Å². The summed E-state index contributed by atoms with van der Waals surface area (Å²) in [5, 5.41) is 0.649. The Bertz CT molecular complexity index is 1730. The van der Waals surface area contributed by atoms with Gasteiger partial charge in [0.05, 0.1) is 16.7 Å². The highest BCUT2D eigenvalue weighted by molar-refractivity contribution is 7.90. The molecule has 0 radical (unpaired) electrons. The van der Waals surface area contributed by atoms with Crippen LogP contribution in [0.5, 0.6) is 0 Å². The Morgan fingerprint density at radius 3 is 1.93 bits per heavy atom. The summed E-state index contributed by atoms with van der Waals surface area (Å²) in [5.74, 6) is -0.0878. The van der Waals surface area contributed by atoms with Crippen molar-refractivity contribution in [2.75, 3.05) is 26.2 Å². The van der Waals surface area contributed by atoms with Gasteiger partial charge >= 0.3 is 0 Å². The number of aryl methyl sites for hydroxylation is 1. The molecule has 1 saturated heterocycles. The predicted octanol–water partition coefficient (Wildman–Crippen LogP) is 5.86. The average Bonchev–Trinajstić information content (AvgIpc) is 3.39. The Hall–Kier alpha value is -4.20. The van der Waals surface area contributed by atoms with E-state index >= 15 is 0 Å². The highest BCUT2D eigenvalue weighted by Crippen LogP contribution is 2.31. The van der Waals surface area contributed by atoms with E-state index in [1.807, 2.05) is 72.5 Å². The molecule has 2 heterocycles. The van der Waals surface area contributed by atoms with Crippen LogP contribution in [0.25, 0.3) is 10.9 Å². The molecule has 1 aliphatic rings. The number of hydrogen-bond donors (Lipinski definition) is 0. The molecule has 6 rings (SSSR count). The van der Waals surface area contributed by atoms with Gasteiger partial charge in [-0.25, -0.2) is 8.42 Å². The SMILES string of the molecule is Cc1ccc(CS(=O)(=O)c2cn(CC(=O)N3CCN(C(c4ccccc4)c4ccccc4)CC3)c3ccccc23)cc1. The van der Waals surface area contributed by atoms with Crippen molar-refractivity contribution in [2.24, 2.45) is 0 Å². The fourth-order valence-corrected chi connectivity index (χ4v) is 7.52. The average molecular weight is 578 g/mol. The molecule has 0 saturated carbocycles. The molecule has 6 nitrogen and oxygen atoms in total. The lowest BCUT2D eigenvalue weighted by molar-refractivity contribution is -0.133. The normalized spacial score (nSPS) is 14.5. The minimum absolute atomic E-state index is 0.00569. The van der Waals surface area contributed by atoms with Crippen LogP contribution in [0.4, 0.5) is 0 Å². The van der Waals surface area contributed by atoms with Gasteiger partial charge in [0.15, 0.2) is 9.84 Å². The molecule has 1 fully saturated rings. The van der Waals surface area contributed by atoms with E-state index in [1.54, 1.807) is 10.8 Å². The topological polar surface area (TPSA) is 62.6 Å². The van der Waals surface area contributed by atoms with Crippen LogP contribution >= 0.6 is 0 Å². The third kappa shape index (κ3) is 5.89. The van der Waals surface area contributed by atoms with Gasteiger partial charge in [0.25, 0.3) is 0 Å². The predicted molar refractivity (Wildman–Crippen MR) is 167 cm³/mol. The lowest BCUT2D eigenvalue weighted by Gasteiger charge is -2.40. The smallest absolute Gasteiger partial charge is 0.242 e. The number of carbonyl (C=O) groups is 1. The van der Waals surface area contributed by atoms with Crippen LogP contribution in [0.2, 0.25) is 0 Å². The van der Waals surface area contributed by atoms with Gasteiger partial charge in [-0.3, -0.25) is 9.69 Å². The van der Waals surface area contributed by atoms with Gasteiger partial charge in [0, 0.05) is 43.3 Å². The molecular formula is C35H35N3O3S. The summed E-state index contributed by atoms with van der Waals surface area (Å²) >= 11 is 0. The largest absolute Gasteiger partial charge is 0.339 e. The molecule has 0 unspecified atom stereocenters. The molecule has 214 valence electrons. The second-order valence-corrected chi connectivity index (χ2v) is 13.0. The van der Waals surface area contributed by atoms with Crippen LogP contribution < -0.4 is 0 Å². The van der Waals surface area contributed by atoms with E-state index in [0.29, 0.717) is 18.5 Å². The molecule has 42 heavy (non-hydrogen) atoms. The molecule has 0 atom stereocenters. The Morgan fingerprint density at radius 2 is 1.31 bits per heavy atom. The van der Waals surface area contributed by atoms with Gasteiger partial charge in [-0.1, -0.05) is 109 Å². The Kier molecular flexibility index (Phi) is 7.96. The zero-order valence-electron chi connectivity index (χ0n) is 23.8. The highest BCUT2D eigenvalue weighted by Gasteiger charge is 2.29. The standard InChI is InChI=1S/C35H35N3O3S/c1-27-16-18-28(19-17-27)26-42(40,41)33-24-38(32-15-9-8-14-31(32)33)25-34(39)36-20-22-37(23-21-36)35(29-10-4-2-5-11-29)30-12-6-3-7-13-30/h2-19,24,35H,20-23,25-26H2,1H3. The van der Waals surface area contributed by atoms with Crippen LogP contribution in [0.15, 0.2) is 120 Å². The molecule has 5 aromatic rings. The number of para-hydroxylation sites is 1. The molecule has 1 aliphatic heterocycles. The van der Waals surface area contributed by atoms with Gasteiger partial charge in [-0.15, -0.1) is 0 Å². The molecule has 4 aromatic carbocycles. The number of sulfone groups is 1. The van der Waals surface area contributed by atoms with Crippen LogP contribution in [0.3, 0.4) is 0 Å². The third-order valence-corrected chi connectivity index (χ3v) is 9.84. The molecule has 1 aromatic heterocycles. The lowest BCUT2D eigenvalue weighted by Crippen LogP contribution is -2.50. The number of nitrogens with zero attached hydrogens (tertiary/aromatic N) is 3. The summed E-state index contributed by atoms with van der Waals surface area (Å²) in [6.45, 7) is 4.82. The number of hydrogen-bond acceptors (Lipinski definition) is 4. The lowest BCUT2D eigenvalue weighted by atomic mass is 9.96. The number of fused-ring (bicyclic) bond motifs is 1. The second-order valence-electron chi connectivity index (χ2n) is 11.0. The summed E-state index contributed by atoms with van der Waals surface area (Å²) in [6, 6.07) is 36.1. The van der Waals surface area contributed by atoms with Gasteiger partial charge in [0.1, 0.15) is 6.54 Å². The van der Waals surface area contributed by atoms with Crippen molar-refractivity contribution < 1.29 is 13.2 Å². The third-order valence-electron chi connectivity index (χ3n) is 8.13. The van der Waals surface area contributed by atoms with Crippen LogP contribution in [-0.4, -0.2) is 54.9 Å². The summed E-state index contributed by atoms with van der Waals surface area (Å²) in [4.78, 5) is 18.2. The molecule has 0 aliphatic carbocycles. The van der Waals surface area contributed by atoms with Crippen molar-refractivity contribution in [3.8, 4) is 0 Å². The van der Waals surface area contributed by atoms with E-state index in [2.05, 4.69) is 53.4 Å². The number of amides is 1. The van der Waals surface area contributed by atoms with Gasteiger partial charge < -0.3 is 9.47 Å². The number of aromatic nitrogens is 1. The molecule has 0 N–H and O–H groups in total. The van der Waals surface area contributed by atoms with Crippen LogP contribution in [-0.2, 0) is 26.9 Å². The van der Waals surface area contributed by atoms with Crippen molar-refractivity contribution in [1.82, 2.24) is 14.4 Å². The zero-order valence-corrected chi connectivity index (χ0v) is 24.6. The maximum absolute atomic E-state index is 13.5. The minimum atomic E-state index is -3.61. The number of benzene rings is 4. The monoisotopic (exact) mass is 577 g/mol. The first-order valence-corrected chi connectivity index (χ1v) is 16.0. The summed E-state index contributed by atoms with van der Waals surface area (Å²) in [7, 11) is -3.61. The Balaban J connectivity index is 1.18. The van der Waals surface area contributed by atoms with Crippen molar-refractivity contribution in [1.29, 1.82) is 0 Å². The Morgan fingerprint density at radius 1 is 0.738 bits per heavy atom. The van der Waals surface area contributed by atoms with Gasteiger partial charge in [-0.2, -0.15) is 0 Å². The van der Waals surface area contributed by atoms with E-state index in [-0.39, 0.29) is 29.1 Å². The number of rotatable bonds is 8.